The van der Waals surface area contributed by atoms with Gasteiger partial charge in [0.1, 0.15) is 30.2 Å². The van der Waals surface area contributed by atoms with Crippen molar-refractivity contribution in [2.24, 2.45) is 0 Å². The highest BCUT2D eigenvalue weighted by atomic mass is 35.5. The van der Waals surface area contributed by atoms with Gasteiger partial charge in [0.15, 0.2) is 6.23 Å². The van der Waals surface area contributed by atoms with Crippen LogP contribution in [0.3, 0.4) is 0 Å². The molecule has 190 valence electrons. The maximum absolute atomic E-state index is 10.8. The zero-order chi connectivity index (χ0) is 24.9. The summed E-state index contributed by atoms with van der Waals surface area (Å²) in [5, 5.41) is 32.5. The molecule has 0 amide bonds. The monoisotopic (exact) mass is 505 g/mol. The summed E-state index contributed by atoms with van der Waals surface area (Å²) in [6.07, 6.45) is -3.91. The predicted molar refractivity (Wildman–Crippen MR) is 129 cm³/mol. The zero-order valence-corrected chi connectivity index (χ0v) is 20.4. The first-order chi connectivity index (χ1) is 16.9. The Morgan fingerprint density at radius 1 is 1.11 bits per heavy atom. The van der Waals surface area contributed by atoms with Crippen LogP contribution in [0.25, 0.3) is 0 Å². The third kappa shape index (κ3) is 5.97. The number of likely N-dealkylation sites (tertiary alicyclic amines) is 1. The quantitative estimate of drug-likeness (QED) is 0.446. The van der Waals surface area contributed by atoms with E-state index in [-0.39, 0.29) is 12.8 Å². The Kier molecular flexibility index (Phi) is 8.64. The Balaban J connectivity index is 1.52. The van der Waals surface area contributed by atoms with Gasteiger partial charge in [0.25, 0.3) is 6.47 Å². The van der Waals surface area contributed by atoms with E-state index in [1.54, 1.807) is 12.1 Å². The Bertz CT molecular complexity index is 988. The molecule has 0 aromatic heterocycles. The smallest absolute Gasteiger partial charge is 0.294 e. The SMILES string of the molecule is CCOc1ccc(Cc2cc([C@@H]3O[C@H](CN4CCC[C@H]4OC=O)[C@@H](O)[C@H](O)[C@H]3O)ccc2Cl)cc1. The van der Waals surface area contributed by atoms with Crippen molar-refractivity contribution < 1.29 is 34.3 Å². The molecule has 4 rings (SSSR count). The third-order valence-electron chi connectivity index (χ3n) is 6.67. The second kappa shape index (κ2) is 11.7. The molecule has 0 unspecified atom stereocenters. The molecule has 8 nitrogen and oxygen atoms in total. The molecule has 2 aliphatic rings. The lowest BCUT2D eigenvalue weighted by Gasteiger charge is -2.42. The van der Waals surface area contributed by atoms with Crippen molar-refractivity contribution in [3.8, 4) is 5.75 Å². The van der Waals surface area contributed by atoms with E-state index in [0.29, 0.717) is 43.1 Å². The van der Waals surface area contributed by atoms with Crippen molar-refractivity contribution in [2.75, 3.05) is 19.7 Å². The van der Waals surface area contributed by atoms with E-state index >= 15 is 0 Å². The minimum atomic E-state index is -1.39. The number of aliphatic hydroxyl groups is 3. The number of rotatable bonds is 9. The van der Waals surface area contributed by atoms with Gasteiger partial charge in [-0.3, -0.25) is 9.69 Å². The standard InChI is InChI=1S/C26H32ClNO7/c1-2-33-19-8-5-16(6-9-19)12-18-13-17(7-10-20(18)27)26-25(32)24(31)23(30)21(35-26)14-28-11-3-4-22(28)34-15-29/h5-10,13,15,21-26,30-32H,2-4,11-12,14H2,1H3/t21-,22-,23-,24+,25-,26+/m1/s1. The van der Waals surface area contributed by atoms with E-state index < -0.39 is 30.5 Å². The number of hydrogen-bond donors (Lipinski definition) is 3. The maximum atomic E-state index is 10.8. The number of ether oxygens (including phenoxy) is 3. The summed E-state index contributed by atoms with van der Waals surface area (Å²) in [6, 6.07) is 13.1. The molecule has 0 bridgehead atoms. The normalized spacial score (nSPS) is 29.2. The molecule has 35 heavy (non-hydrogen) atoms. The van der Waals surface area contributed by atoms with Gasteiger partial charge in [0.2, 0.25) is 0 Å². The summed E-state index contributed by atoms with van der Waals surface area (Å²) in [6.45, 7) is 3.89. The average molecular weight is 506 g/mol. The van der Waals surface area contributed by atoms with Gasteiger partial charge < -0.3 is 29.5 Å². The van der Waals surface area contributed by atoms with Gasteiger partial charge in [0, 0.05) is 18.1 Å². The van der Waals surface area contributed by atoms with E-state index in [9.17, 15) is 20.1 Å². The van der Waals surface area contributed by atoms with Gasteiger partial charge in [-0.15, -0.1) is 0 Å². The fourth-order valence-electron chi connectivity index (χ4n) is 4.83. The number of carbonyl (C=O) groups is 1. The van der Waals surface area contributed by atoms with E-state index in [1.165, 1.54) is 0 Å². The first kappa shape index (κ1) is 25.9. The van der Waals surface area contributed by atoms with Crippen LogP contribution >= 0.6 is 11.6 Å². The van der Waals surface area contributed by atoms with Crippen LogP contribution in [0.15, 0.2) is 42.5 Å². The molecule has 9 heteroatoms. The highest BCUT2D eigenvalue weighted by molar-refractivity contribution is 6.31. The van der Waals surface area contributed by atoms with Crippen molar-refractivity contribution in [3.05, 3.63) is 64.2 Å². The van der Waals surface area contributed by atoms with Crippen LogP contribution < -0.4 is 4.74 Å². The van der Waals surface area contributed by atoms with Gasteiger partial charge in [-0.2, -0.15) is 0 Å². The molecule has 0 saturated carbocycles. The number of carbonyl (C=O) groups excluding carboxylic acids is 1. The minimum absolute atomic E-state index is 0.257. The van der Waals surface area contributed by atoms with Crippen molar-refractivity contribution in [3.63, 3.8) is 0 Å². The summed E-state index contributed by atoms with van der Waals surface area (Å²) in [7, 11) is 0. The molecular formula is C26H32ClNO7. The number of aliphatic hydroxyl groups excluding tert-OH is 3. The molecule has 6 atom stereocenters. The third-order valence-corrected chi connectivity index (χ3v) is 7.04. The van der Waals surface area contributed by atoms with Gasteiger partial charge in [0.05, 0.1) is 12.7 Å². The summed E-state index contributed by atoms with van der Waals surface area (Å²) in [4.78, 5) is 12.7. The molecule has 2 aromatic rings. The molecule has 2 heterocycles. The van der Waals surface area contributed by atoms with E-state index in [1.807, 2.05) is 42.2 Å². The van der Waals surface area contributed by atoms with Crippen LogP contribution in [-0.4, -0.2) is 77.0 Å². The number of halogens is 1. The lowest BCUT2D eigenvalue weighted by atomic mass is 9.89. The first-order valence-electron chi connectivity index (χ1n) is 11.9. The average Bonchev–Trinajstić information content (AvgIpc) is 3.29. The number of benzene rings is 2. The van der Waals surface area contributed by atoms with Crippen LogP contribution in [0.5, 0.6) is 5.75 Å². The molecule has 2 saturated heterocycles. The molecule has 0 spiro atoms. The lowest BCUT2D eigenvalue weighted by molar-refractivity contribution is -0.230. The highest BCUT2D eigenvalue weighted by Crippen LogP contribution is 2.35. The van der Waals surface area contributed by atoms with Crippen LogP contribution in [0, 0.1) is 0 Å². The summed E-state index contributed by atoms with van der Waals surface area (Å²) < 4.78 is 16.8. The highest BCUT2D eigenvalue weighted by Gasteiger charge is 2.45. The summed E-state index contributed by atoms with van der Waals surface area (Å²) >= 11 is 6.48. The lowest BCUT2D eigenvalue weighted by Crippen LogP contribution is -2.57. The summed E-state index contributed by atoms with van der Waals surface area (Å²) in [5.41, 5.74) is 2.54. The maximum Gasteiger partial charge on any atom is 0.294 e. The fraction of sp³-hybridized carbons (Fsp3) is 0.500. The van der Waals surface area contributed by atoms with Crippen LogP contribution in [0.2, 0.25) is 5.02 Å². The van der Waals surface area contributed by atoms with Crippen molar-refractivity contribution in [2.45, 2.75) is 62.9 Å². The van der Waals surface area contributed by atoms with Gasteiger partial charge in [-0.25, -0.2) is 0 Å². The van der Waals surface area contributed by atoms with E-state index in [4.69, 9.17) is 25.8 Å². The van der Waals surface area contributed by atoms with E-state index in [2.05, 4.69) is 0 Å². The molecule has 0 radical (unpaired) electrons. The zero-order valence-electron chi connectivity index (χ0n) is 19.6. The summed E-state index contributed by atoms with van der Waals surface area (Å²) in [5.74, 6) is 0.798. The largest absolute Gasteiger partial charge is 0.494 e. The Labute approximate surface area is 210 Å². The molecule has 2 fully saturated rings. The fourth-order valence-corrected chi connectivity index (χ4v) is 5.01. The van der Waals surface area contributed by atoms with Crippen molar-refractivity contribution in [1.82, 2.24) is 4.90 Å². The topological polar surface area (TPSA) is 109 Å². The van der Waals surface area contributed by atoms with Crippen molar-refractivity contribution in [1.29, 1.82) is 0 Å². The molecular weight excluding hydrogens is 474 g/mol. The number of hydrogen-bond acceptors (Lipinski definition) is 8. The van der Waals surface area contributed by atoms with Crippen LogP contribution in [-0.2, 0) is 20.7 Å². The van der Waals surface area contributed by atoms with E-state index in [0.717, 1.165) is 23.3 Å². The Morgan fingerprint density at radius 3 is 2.60 bits per heavy atom. The Hall–Kier alpha value is -2.20. The molecule has 2 aliphatic heterocycles. The van der Waals surface area contributed by atoms with Gasteiger partial charge in [-0.1, -0.05) is 35.9 Å². The van der Waals surface area contributed by atoms with Crippen LogP contribution in [0.4, 0.5) is 0 Å². The number of nitrogens with zero attached hydrogens (tertiary/aromatic N) is 1. The predicted octanol–water partition coefficient (Wildman–Crippen LogP) is 2.45. The van der Waals surface area contributed by atoms with Crippen molar-refractivity contribution >= 4 is 18.1 Å². The van der Waals surface area contributed by atoms with Gasteiger partial charge in [-0.05, 0) is 61.1 Å². The molecule has 3 N–H and O–H groups in total. The first-order valence-corrected chi connectivity index (χ1v) is 12.3. The second-order valence-corrected chi connectivity index (χ2v) is 9.40. The molecule has 0 aliphatic carbocycles. The van der Waals surface area contributed by atoms with Crippen LogP contribution in [0.1, 0.15) is 42.6 Å². The van der Waals surface area contributed by atoms with Gasteiger partial charge >= 0.3 is 0 Å². The second-order valence-electron chi connectivity index (χ2n) is 9.00. The molecule has 2 aromatic carbocycles. The Morgan fingerprint density at radius 2 is 1.89 bits per heavy atom. The minimum Gasteiger partial charge on any atom is -0.494 e.